The van der Waals surface area contributed by atoms with Gasteiger partial charge < -0.3 is 5.32 Å². The molecule has 1 amide bonds. The number of para-hydroxylation sites is 1. The maximum Gasteiger partial charge on any atom is 0.278 e. The van der Waals surface area contributed by atoms with Crippen LogP contribution in [-0.2, 0) is 0 Å². The molecule has 5 nitrogen and oxygen atoms in total. The first kappa shape index (κ1) is 15.2. The number of nitrogens with zero attached hydrogens (tertiary/aromatic N) is 3. The van der Waals surface area contributed by atoms with E-state index in [1.165, 1.54) is 22.9 Å². The molecule has 7 heteroatoms. The normalized spacial score (nSPS) is 10.6. The lowest BCUT2D eigenvalue weighted by atomic mass is 10.2. The molecule has 1 N–H and O–H groups in total. The van der Waals surface area contributed by atoms with Crippen LogP contribution in [0.5, 0.6) is 0 Å². The number of aromatic nitrogens is 3. The van der Waals surface area contributed by atoms with E-state index in [1.807, 2.05) is 18.2 Å². The van der Waals surface area contributed by atoms with Gasteiger partial charge in [-0.1, -0.05) is 35.0 Å². The van der Waals surface area contributed by atoms with E-state index >= 15 is 0 Å². The van der Waals surface area contributed by atoms with Crippen LogP contribution in [0.4, 0.5) is 10.1 Å². The highest BCUT2D eigenvalue weighted by atomic mass is 35.5. The molecule has 2 aromatic carbocycles. The number of hydrogen-bond acceptors (Lipinski definition) is 3. The molecular weight excluding hydrogens is 319 g/mol. The second-order valence-electron chi connectivity index (χ2n) is 4.85. The Hall–Kier alpha value is -2.73. The highest BCUT2D eigenvalue weighted by Crippen LogP contribution is 2.20. The van der Waals surface area contributed by atoms with Crippen LogP contribution in [0, 0.1) is 12.7 Å². The highest BCUT2D eigenvalue weighted by molar-refractivity contribution is 6.30. The number of hydrogen-bond donors (Lipinski definition) is 1. The monoisotopic (exact) mass is 330 g/mol. The molecule has 0 aliphatic heterocycles. The number of amides is 1. The Balaban J connectivity index is 1.89. The van der Waals surface area contributed by atoms with Gasteiger partial charge in [0, 0.05) is 5.69 Å². The minimum atomic E-state index is -0.518. The maximum absolute atomic E-state index is 13.2. The van der Waals surface area contributed by atoms with Crippen molar-refractivity contribution in [3.8, 4) is 5.69 Å². The second-order valence-corrected chi connectivity index (χ2v) is 5.26. The minimum absolute atomic E-state index is 0.0207. The molecule has 0 bridgehead atoms. The molecule has 0 saturated carbocycles. The molecule has 3 aromatic rings. The van der Waals surface area contributed by atoms with Gasteiger partial charge in [0.25, 0.3) is 5.91 Å². The van der Waals surface area contributed by atoms with Crippen molar-refractivity contribution in [3.63, 3.8) is 0 Å². The van der Waals surface area contributed by atoms with Crippen molar-refractivity contribution < 1.29 is 9.18 Å². The fourth-order valence-electron chi connectivity index (χ4n) is 2.11. The van der Waals surface area contributed by atoms with Crippen LogP contribution in [0.1, 0.15) is 16.2 Å². The maximum atomic E-state index is 13.2. The highest BCUT2D eigenvalue weighted by Gasteiger charge is 2.18. The molecule has 1 heterocycles. The number of rotatable bonds is 3. The number of carbonyl (C=O) groups excluding carboxylic acids is 1. The van der Waals surface area contributed by atoms with Crippen molar-refractivity contribution in [1.29, 1.82) is 0 Å². The molecule has 23 heavy (non-hydrogen) atoms. The van der Waals surface area contributed by atoms with E-state index in [0.29, 0.717) is 17.1 Å². The summed E-state index contributed by atoms with van der Waals surface area (Å²) in [5, 5.41) is 10.6. The van der Waals surface area contributed by atoms with Gasteiger partial charge in [0.15, 0.2) is 5.69 Å². The summed E-state index contributed by atoms with van der Waals surface area (Å²) in [6.45, 7) is 1.71. The van der Waals surface area contributed by atoms with Gasteiger partial charge in [0.1, 0.15) is 5.82 Å². The number of carbonyl (C=O) groups is 1. The Labute approximate surface area is 136 Å². The van der Waals surface area contributed by atoms with Crippen LogP contribution in [0.15, 0.2) is 48.5 Å². The van der Waals surface area contributed by atoms with Crippen molar-refractivity contribution >= 4 is 23.2 Å². The Morgan fingerprint density at radius 3 is 2.65 bits per heavy atom. The lowest BCUT2D eigenvalue weighted by Gasteiger charge is -2.05. The number of benzene rings is 2. The molecule has 0 radical (unpaired) electrons. The third-order valence-corrected chi connectivity index (χ3v) is 3.58. The first-order valence-electron chi connectivity index (χ1n) is 6.80. The second kappa shape index (κ2) is 6.18. The van der Waals surface area contributed by atoms with Crippen LogP contribution >= 0.6 is 11.6 Å². The molecule has 1 aromatic heterocycles. The number of anilines is 1. The van der Waals surface area contributed by atoms with E-state index < -0.39 is 5.82 Å². The molecule has 0 saturated heterocycles. The topological polar surface area (TPSA) is 59.8 Å². The standard InChI is InChI=1S/C16H12ClFN4O/c1-10-15(16(23)19-11-5-3-2-4-6-11)20-21-22(10)12-7-8-14(18)13(17)9-12/h2-9H,1H3,(H,19,23). The van der Waals surface area contributed by atoms with Crippen molar-refractivity contribution in [2.24, 2.45) is 0 Å². The zero-order valence-electron chi connectivity index (χ0n) is 12.1. The molecular formula is C16H12ClFN4O. The van der Waals surface area contributed by atoms with Crippen LogP contribution in [0.2, 0.25) is 5.02 Å². The summed E-state index contributed by atoms with van der Waals surface area (Å²) in [6, 6.07) is 13.2. The summed E-state index contributed by atoms with van der Waals surface area (Å²) < 4.78 is 14.7. The zero-order chi connectivity index (χ0) is 16.4. The predicted molar refractivity (Wildman–Crippen MR) is 85.5 cm³/mol. The van der Waals surface area contributed by atoms with Gasteiger partial charge in [-0.25, -0.2) is 9.07 Å². The van der Waals surface area contributed by atoms with E-state index in [4.69, 9.17) is 11.6 Å². The average Bonchev–Trinajstić information content (AvgIpc) is 2.93. The average molecular weight is 331 g/mol. The summed E-state index contributed by atoms with van der Waals surface area (Å²) in [4.78, 5) is 12.3. The van der Waals surface area contributed by atoms with E-state index in [1.54, 1.807) is 19.1 Å². The van der Waals surface area contributed by atoms with Gasteiger partial charge in [0.2, 0.25) is 0 Å². The lowest BCUT2D eigenvalue weighted by molar-refractivity contribution is 0.102. The smallest absolute Gasteiger partial charge is 0.278 e. The summed E-state index contributed by atoms with van der Waals surface area (Å²) in [6.07, 6.45) is 0. The first-order chi connectivity index (χ1) is 11.1. The van der Waals surface area contributed by atoms with Crippen LogP contribution < -0.4 is 5.32 Å². The van der Waals surface area contributed by atoms with Gasteiger partial charge in [-0.05, 0) is 37.3 Å². The minimum Gasteiger partial charge on any atom is -0.321 e. The zero-order valence-corrected chi connectivity index (χ0v) is 12.9. The fourth-order valence-corrected chi connectivity index (χ4v) is 2.29. The predicted octanol–water partition coefficient (Wildman–Crippen LogP) is 3.62. The van der Waals surface area contributed by atoms with Crippen molar-refractivity contribution in [1.82, 2.24) is 15.0 Å². The van der Waals surface area contributed by atoms with E-state index in [9.17, 15) is 9.18 Å². The number of halogens is 2. The largest absolute Gasteiger partial charge is 0.321 e. The van der Waals surface area contributed by atoms with Crippen molar-refractivity contribution in [2.45, 2.75) is 6.92 Å². The van der Waals surface area contributed by atoms with E-state index in [-0.39, 0.29) is 16.6 Å². The first-order valence-corrected chi connectivity index (χ1v) is 7.18. The molecule has 0 spiro atoms. The summed E-state index contributed by atoms with van der Waals surface area (Å²) in [5.74, 6) is -0.886. The Morgan fingerprint density at radius 2 is 1.96 bits per heavy atom. The summed E-state index contributed by atoms with van der Waals surface area (Å²) >= 11 is 5.78. The molecule has 116 valence electrons. The summed E-state index contributed by atoms with van der Waals surface area (Å²) in [7, 11) is 0. The Bertz CT molecular complexity index is 864. The van der Waals surface area contributed by atoms with Gasteiger partial charge in [-0.2, -0.15) is 0 Å². The van der Waals surface area contributed by atoms with Crippen LogP contribution in [0.25, 0.3) is 5.69 Å². The van der Waals surface area contributed by atoms with E-state index in [2.05, 4.69) is 15.6 Å². The molecule has 0 atom stereocenters. The molecule has 0 aliphatic carbocycles. The fraction of sp³-hybridized carbons (Fsp3) is 0.0625. The third kappa shape index (κ3) is 3.07. The van der Waals surface area contributed by atoms with Gasteiger partial charge in [0.05, 0.1) is 16.4 Å². The van der Waals surface area contributed by atoms with Gasteiger partial charge >= 0.3 is 0 Å². The Kier molecular flexibility index (Phi) is 4.08. The SMILES string of the molecule is Cc1c(C(=O)Nc2ccccc2)nnn1-c1ccc(F)c(Cl)c1. The summed E-state index contributed by atoms with van der Waals surface area (Å²) in [5.41, 5.74) is 1.91. The van der Waals surface area contributed by atoms with Gasteiger partial charge in [-0.15, -0.1) is 5.10 Å². The lowest BCUT2D eigenvalue weighted by Crippen LogP contribution is -2.14. The Morgan fingerprint density at radius 1 is 1.22 bits per heavy atom. The molecule has 0 fully saturated rings. The quantitative estimate of drug-likeness (QED) is 0.798. The molecule has 0 aliphatic rings. The molecule has 3 rings (SSSR count). The van der Waals surface area contributed by atoms with Crippen molar-refractivity contribution in [2.75, 3.05) is 5.32 Å². The van der Waals surface area contributed by atoms with E-state index in [0.717, 1.165) is 0 Å². The molecule has 0 unspecified atom stereocenters. The third-order valence-electron chi connectivity index (χ3n) is 3.29. The number of nitrogens with one attached hydrogen (secondary N) is 1. The van der Waals surface area contributed by atoms with Crippen LogP contribution in [-0.4, -0.2) is 20.9 Å². The van der Waals surface area contributed by atoms with Gasteiger partial charge in [-0.3, -0.25) is 4.79 Å². The van der Waals surface area contributed by atoms with Crippen LogP contribution in [0.3, 0.4) is 0 Å². The van der Waals surface area contributed by atoms with Crippen molar-refractivity contribution in [3.05, 3.63) is 70.8 Å².